The Kier molecular flexibility index (Phi) is 4.43. The maximum absolute atomic E-state index is 12.2. The number of carbonyl (C=O) groups excluding carboxylic acids is 1. The summed E-state index contributed by atoms with van der Waals surface area (Å²) in [5, 5.41) is 10.7. The Morgan fingerprint density at radius 2 is 1.92 bits per heavy atom. The number of fused-ring (bicyclic) bond motifs is 1. The maximum atomic E-state index is 12.2. The normalized spacial score (nSPS) is 30.5. The first kappa shape index (κ1) is 18.6. The van der Waals surface area contributed by atoms with E-state index in [9.17, 15) is 14.9 Å². The number of hydrogen-bond donors (Lipinski definition) is 0. The predicted octanol–water partition coefficient (Wildman–Crippen LogP) is 4.43. The number of benzene rings is 1. The van der Waals surface area contributed by atoms with Crippen molar-refractivity contribution in [3.8, 4) is 0 Å². The minimum atomic E-state index is -0.503. The van der Waals surface area contributed by atoms with E-state index in [-0.39, 0.29) is 22.3 Å². The second kappa shape index (κ2) is 6.20. The molecule has 26 heavy (non-hydrogen) atoms. The molecule has 0 bridgehead atoms. The zero-order valence-corrected chi connectivity index (χ0v) is 15.7. The molecule has 3 atom stereocenters. The highest BCUT2D eigenvalue weighted by Crippen LogP contribution is 2.66. The van der Waals surface area contributed by atoms with Gasteiger partial charge in [-0.15, -0.1) is 0 Å². The van der Waals surface area contributed by atoms with Gasteiger partial charge in [0.25, 0.3) is 5.69 Å². The molecule has 1 aliphatic heterocycles. The second-order valence-electron chi connectivity index (χ2n) is 8.08. The van der Waals surface area contributed by atoms with Gasteiger partial charge in [0.2, 0.25) is 0 Å². The summed E-state index contributed by atoms with van der Waals surface area (Å²) in [7, 11) is 0. The minimum absolute atomic E-state index is 0.0403. The summed E-state index contributed by atoms with van der Waals surface area (Å²) in [6.45, 7) is 8.38. The largest absolute Gasteiger partial charge is 0.455 e. The quantitative estimate of drug-likeness (QED) is 0.255. The van der Waals surface area contributed by atoms with Crippen LogP contribution in [0.1, 0.15) is 57.3 Å². The molecule has 1 aromatic carbocycles. The Morgan fingerprint density at radius 1 is 1.27 bits per heavy atom. The van der Waals surface area contributed by atoms with E-state index in [4.69, 9.17) is 9.47 Å². The molecule has 0 radical (unpaired) electrons. The Balaban J connectivity index is 1.65. The van der Waals surface area contributed by atoms with Crippen LogP contribution in [-0.2, 0) is 9.47 Å². The van der Waals surface area contributed by atoms with E-state index >= 15 is 0 Å². The fourth-order valence-electron chi connectivity index (χ4n) is 4.18. The van der Waals surface area contributed by atoms with Gasteiger partial charge in [-0.05, 0) is 57.4 Å². The lowest BCUT2D eigenvalue weighted by Gasteiger charge is -2.36. The Morgan fingerprint density at radius 3 is 2.50 bits per heavy atom. The third-order valence-electron chi connectivity index (χ3n) is 5.80. The fraction of sp³-hybridized carbons (Fsp3) is 0.550. The van der Waals surface area contributed by atoms with Crippen LogP contribution >= 0.6 is 0 Å². The van der Waals surface area contributed by atoms with Crippen LogP contribution in [0.25, 0.3) is 0 Å². The van der Waals surface area contributed by atoms with E-state index in [1.54, 1.807) is 6.92 Å². The number of nitro benzene ring substituents is 1. The van der Waals surface area contributed by atoms with Crippen molar-refractivity contribution >= 4 is 11.7 Å². The zero-order chi connectivity index (χ0) is 19.2. The fourth-order valence-corrected chi connectivity index (χ4v) is 4.18. The average Bonchev–Trinajstić information content (AvgIpc) is 3.20. The summed E-state index contributed by atoms with van der Waals surface area (Å²) in [6.07, 6.45) is 6.81. The van der Waals surface area contributed by atoms with Crippen LogP contribution in [0.4, 0.5) is 5.69 Å². The van der Waals surface area contributed by atoms with E-state index in [2.05, 4.69) is 26.8 Å². The van der Waals surface area contributed by atoms with Crippen molar-refractivity contribution in [1.82, 2.24) is 0 Å². The van der Waals surface area contributed by atoms with Gasteiger partial charge in [0.05, 0.1) is 16.1 Å². The SMILES string of the molecule is C[C@H](C=C[C@]12O[C@@]1(C)CCCC2(C)C)OC(=O)c1ccc([N+](=O)[O-])cc1. The molecule has 2 fully saturated rings. The van der Waals surface area contributed by atoms with Crippen molar-refractivity contribution in [2.24, 2.45) is 5.41 Å². The van der Waals surface area contributed by atoms with E-state index < -0.39 is 17.0 Å². The summed E-state index contributed by atoms with van der Waals surface area (Å²) in [5.74, 6) is -0.503. The summed E-state index contributed by atoms with van der Waals surface area (Å²) in [5.41, 5.74) is -0.157. The smallest absolute Gasteiger partial charge is 0.338 e. The van der Waals surface area contributed by atoms with E-state index in [1.807, 2.05) is 6.08 Å². The third-order valence-corrected chi connectivity index (χ3v) is 5.80. The molecule has 0 aromatic heterocycles. The molecule has 140 valence electrons. The van der Waals surface area contributed by atoms with Gasteiger partial charge in [0, 0.05) is 17.5 Å². The lowest BCUT2D eigenvalue weighted by Crippen LogP contribution is -2.41. The molecule has 0 unspecified atom stereocenters. The van der Waals surface area contributed by atoms with Crippen LogP contribution in [0, 0.1) is 15.5 Å². The van der Waals surface area contributed by atoms with Crippen molar-refractivity contribution in [2.75, 3.05) is 0 Å². The molecular formula is C20H25NO5. The van der Waals surface area contributed by atoms with Crippen molar-refractivity contribution in [3.63, 3.8) is 0 Å². The molecule has 1 heterocycles. The van der Waals surface area contributed by atoms with Crippen molar-refractivity contribution in [2.45, 2.75) is 64.3 Å². The minimum Gasteiger partial charge on any atom is -0.455 e. The molecule has 1 saturated heterocycles. The maximum Gasteiger partial charge on any atom is 0.338 e. The van der Waals surface area contributed by atoms with Gasteiger partial charge in [-0.2, -0.15) is 0 Å². The zero-order valence-electron chi connectivity index (χ0n) is 15.7. The lowest BCUT2D eigenvalue weighted by atomic mass is 9.64. The summed E-state index contributed by atoms with van der Waals surface area (Å²) >= 11 is 0. The van der Waals surface area contributed by atoms with Crippen molar-refractivity contribution < 1.29 is 19.2 Å². The van der Waals surface area contributed by atoms with Gasteiger partial charge in [-0.3, -0.25) is 10.1 Å². The molecule has 0 N–H and O–H groups in total. The first-order valence-electron chi connectivity index (χ1n) is 8.95. The standard InChI is InChI=1S/C20H25NO5/c1-14(25-17(22)15-6-8-16(9-7-15)21(23)24)10-13-20-18(2,3)11-5-12-19(20,4)26-20/h6-10,13-14H,5,11-12H2,1-4H3/t14-,19+,20-/m1/s1. The van der Waals surface area contributed by atoms with Gasteiger partial charge in [-0.1, -0.05) is 13.8 Å². The van der Waals surface area contributed by atoms with Crippen molar-refractivity contribution in [3.05, 3.63) is 52.1 Å². The summed E-state index contributed by atoms with van der Waals surface area (Å²) < 4.78 is 11.6. The van der Waals surface area contributed by atoms with Crippen LogP contribution in [-0.4, -0.2) is 28.2 Å². The van der Waals surface area contributed by atoms with Gasteiger partial charge >= 0.3 is 5.97 Å². The highest BCUT2D eigenvalue weighted by Gasteiger charge is 2.73. The first-order chi connectivity index (χ1) is 12.1. The van der Waals surface area contributed by atoms with Crippen LogP contribution in [0.5, 0.6) is 0 Å². The number of ether oxygens (including phenoxy) is 2. The molecule has 1 aromatic rings. The number of rotatable bonds is 5. The molecule has 0 spiro atoms. The molecule has 3 rings (SSSR count). The van der Waals surface area contributed by atoms with Gasteiger partial charge in [-0.25, -0.2) is 4.79 Å². The van der Waals surface area contributed by atoms with E-state index in [0.717, 1.165) is 19.3 Å². The average molecular weight is 359 g/mol. The molecule has 0 amide bonds. The molecule has 1 aliphatic carbocycles. The number of nitrogens with zero attached hydrogens (tertiary/aromatic N) is 1. The monoisotopic (exact) mass is 359 g/mol. The number of nitro groups is 1. The van der Waals surface area contributed by atoms with Crippen molar-refractivity contribution in [1.29, 1.82) is 0 Å². The summed E-state index contributed by atoms with van der Waals surface area (Å²) in [4.78, 5) is 22.4. The van der Waals surface area contributed by atoms with Crippen LogP contribution in [0.15, 0.2) is 36.4 Å². The summed E-state index contributed by atoms with van der Waals surface area (Å²) in [6, 6.07) is 5.40. The van der Waals surface area contributed by atoms with Gasteiger partial charge < -0.3 is 9.47 Å². The highest BCUT2D eigenvalue weighted by molar-refractivity contribution is 5.89. The van der Waals surface area contributed by atoms with Crippen LogP contribution in [0.3, 0.4) is 0 Å². The third kappa shape index (κ3) is 3.03. The number of epoxide rings is 1. The second-order valence-corrected chi connectivity index (χ2v) is 8.08. The number of esters is 1. The van der Waals surface area contributed by atoms with Gasteiger partial charge in [0.15, 0.2) is 0 Å². The lowest BCUT2D eigenvalue weighted by molar-refractivity contribution is -0.384. The predicted molar refractivity (Wildman–Crippen MR) is 97.0 cm³/mol. The highest BCUT2D eigenvalue weighted by atomic mass is 16.6. The topological polar surface area (TPSA) is 82.0 Å². The molecule has 1 saturated carbocycles. The van der Waals surface area contributed by atoms with Crippen LogP contribution < -0.4 is 0 Å². The number of non-ortho nitro benzene ring substituents is 1. The van der Waals surface area contributed by atoms with Crippen LogP contribution in [0.2, 0.25) is 0 Å². The number of hydrogen-bond acceptors (Lipinski definition) is 5. The van der Waals surface area contributed by atoms with E-state index in [1.165, 1.54) is 24.3 Å². The Hall–Kier alpha value is -2.21. The molecule has 2 aliphatic rings. The number of carbonyl (C=O) groups is 1. The molecular weight excluding hydrogens is 334 g/mol. The molecule has 6 heteroatoms. The van der Waals surface area contributed by atoms with E-state index in [0.29, 0.717) is 5.56 Å². The molecule has 6 nitrogen and oxygen atoms in total. The van der Waals surface area contributed by atoms with Gasteiger partial charge in [0.1, 0.15) is 11.7 Å². The Labute approximate surface area is 153 Å². The Bertz CT molecular complexity index is 754. The first-order valence-corrected chi connectivity index (χ1v) is 8.95.